The predicted octanol–water partition coefficient (Wildman–Crippen LogP) is 7.50. The van der Waals surface area contributed by atoms with Crippen LogP contribution in [-0.2, 0) is 11.3 Å². The van der Waals surface area contributed by atoms with E-state index in [0.717, 1.165) is 46.9 Å². The van der Waals surface area contributed by atoms with Crippen LogP contribution in [0.4, 0.5) is 0 Å². The van der Waals surface area contributed by atoms with E-state index in [0.29, 0.717) is 6.54 Å². The van der Waals surface area contributed by atoms with Crippen LogP contribution in [0.15, 0.2) is 96.4 Å². The van der Waals surface area contributed by atoms with Gasteiger partial charge in [0, 0.05) is 24.1 Å². The Balaban J connectivity index is 1.26. The van der Waals surface area contributed by atoms with Gasteiger partial charge >= 0.3 is 0 Å². The van der Waals surface area contributed by atoms with Gasteiger partial charge in [-0.3, -0.25) is 4.79 Å². The topological polar surface area (TPSA) is 68.5 Å². The second kappa shape index (κ2) is 15.3. The summed E-state index contributed by atoms with van der Waals surface area (Å²) in [6.45, 7) is 3.47. The van der Waals surface area contributed by atoms with Gasteiger partial charge in [0.1, 0.15) is 5.75 Å². The average molecular weight is 523 g/mol. The molecule has 0 fully saturated rings. The fourth-order valence-electron chi connectivity index (χ4n) is 4.44. The summed E-state index contributed by atoms with van der Waals surface area (Å²) in [7, 11) is 0. The Morgan fingerprint density at radius 3 is 2.26 bits per heavy atom. The van der Waals surface area contributed by atoms with Crippen LogP contribution in [0.3, 0.4) is 0 Å². The second-order valence-corrected chi connectivity index (χ2v) is 9.60. The Labute approximate surface area is 231 Å². The maximum absolute atomic E-state index is 12.5. The van der Waals surface area contributed by atoms with E-state index in [1.807, 2.05) is 65.2 Å². The van der Waals surface area contributed by atoms with Crippen LogP contribution in [0.2, 0.25) is 0 Å². The highest BCUT2D eigenvalue weighted by atomic mass is 16.5. The molecule has 0 spiro atoms. The van der Waals surface area contributed by atoms with Gasteiger partial charge in [-0.2, -0.15) is 5.10 Å². The number of nitrogens with one attached hydrogen (secondary N) is 1. The number of hydrogen-bond acceptors (Lipinski definition) is 4. The molecule has 0 aliphatic heterocycles. The number of carbonyl (C=O) groups is 1. The summed E-state index contributed by atoms with van der Waals surface area (Å²) in [5, 5.41) is 4.14. The molecule has 202 valence electrons. The van der Waals surface area contributed by atoms with Crippen LogP contribution in [0.1, 0.15) is 57.4 Å². The standard InChI is InChI=1S/C33H38N4O2/c1-2-3-4-5-6-13-24-39-30-20-18-27(19-21-30)25-35-36-31(38)22-23-37-26-34-32(28-14-9-7-10-15-28)33(37)29-16-11-8-12-17-29/h7-12,14-21,25-26H,2-6,13,22-24H2,1H3,(H,36,38)/b35-25-. The lowest BCUT2D eigenvalue weighted by molar-refractivity contribution is -0.121. The molecular formula is C33H38N4O2. The minimum Gasteiger partial charge on any atom is -0.494 e. The SMILES string of the molecule is CCCCCCCCOc1ccc(/C=N\NC(=O)CCn2cnc(-c3ccccc3)c2-c2ccccc2)cc1. The van der Waals surface area contributed by atoms with E-state index < -0.39 is 0 Å². The molecule has 6 heteroatoms. The van der Waals surface area contributed by atoms with E-state index in [-0.39, 0.29) is 12.3 Å². The van der Waals surface area contributed by atoms with Crippen molar-refractivity contribution in [3.63, 3.8) is 0 Å². The molecule has 0 unspecified atom stereocenters. The van der Waals surface area contributed by atoms with Crippen LogP contribution < -0.4 is 10.2 Å². The number of rotatable bonds is 15. The highest BCUT2D eigenvalue weighted by Gasteiger charge is 2.15. The number of unbranched alkanes of at least 4 members (excludes halogenated alkanes) is 5. The molecule has 1 heterocycles. The van der Waals surface area contributed by atoms with Crippen molar-refractivity contribution >= 4 is 12.1 Å². The molecule has 0 radical (unpaired) electrons. The fourth-order valence-corrected chi connectivity index (χ4v) is 4.44. The van der Waals surface area contributed by atoms with Gasteiger partial charge in [-0.05, 0) is 36.2 Å². The largest absolute Gasteiger partial charge is 0.494 e. The monoisotopic (exact) mass is 522 g/mol. The average Bonchev–Trinajstić information content (AvgIpc) is 3.41. The van der Waals surface area contributed by atoms with Crippen molar-refractivity contribution in [3.8, 4) is 28.3 Å². The van der Waals surface area contributed by atoms with Crippen LogP contribution >= 0.6 is 0 Å². The van der Waals surface area contributed by atoms with Gasteiger partial charge in [0.25, 0.3) is 0 Å². The zero-order valence-corrected chi connectivity index (χ0v) is 22.8. The summed E-state index contributed by atoms with van der Waals surface area (Å²) in [6.07, 6.45) is 11.2. The number of ether oxygens (including phenoxy) is 1. The summed E-state index contributed by atoms with van der Waals surface area (Å²) in [5.41, 5.74) is 7.55. The highest BCUT2D eigenvalue weighted by Crippen LogP contribution is 2.31. The first-order valence-electron chi connectivity index (χ1n) is 14.0. The van der Waals surface area contributed by atoms with E-state index >= 15 is 0 Å². The van der Waals surface area contributed by atoms with E-state index in [2.05, 4.69) is 46.7 Å². The highest BCUT2D eigenvalue weighted by molar-refractivity contribution is 5.83. The number of hydrogen-bond donors (Lipinski definition) is 1. The lowest BCUT2D eigenvalue weighted by Gasteiger charge is -2.10. The first kappa shape index (κ1) is 27.8. The van der Waals surface area contributed by atoms with Crippen molar-refractivity contribution in [2.45, 2.75) is 58.4 Å². The van der Waals surface area contributed by atoms with Crippen molar-refractivity contribution in [1.82, 2.24) is 15.0 Å². The number of amides is 1. The lowest BCUT2D eigenvalue weighted by Crippen LogP contribution is -2.19. The summed E-state index contributed by atoms with van der Waals surface area (Å²) in [6, 6.07) is 28.0. The van der Waals surface area contributed by atoms with Gasteiger partial charge < -0.3 is 9.30 Å². The maximum atomic E-state index is 12.5. The number of imidazole rings is 1. The first-order valence-corrected chi connectivity index (χ1v) is 14.0. The molecular weight excluding hydrogens is 484 g/mol. The van der Waals surface area contributed by atoms with Gasteiger partial charge in [0.05, 0.1) is 30.5 Å². The summed E-state index contributed by atoms with van der Waals surface area (Å²) in [4.78, 5) is 17.2. The Morgan fingerprint density at radius 2 is 1.54 bits per heavy atom. The summed E-state index contributed by atoms with van der Waals surface area (Å²) in [5.74, 6) is 0.702. The van der Waals surface area contributed by atoms with Crippen LogP contribution in [0, 0.1) is 0 Å². The van der Waals surface area contributed by atoms with Gasteiger partial charge in [-0.15, -0.1) is 0 Å². The molecule has 0 aliphatic rings. The zero-order valence-electron chi connectivity index (χ0n) is 22.8. The molecule has 4 aromatic rings. The molecule has 0 atom stereocenters. The van der Waals surface area contributed by atoms with Crippen molar-refractivity contribution in [2.24, 2.45) is 5.10 Å². The number of benzene rings is 3. The molecule has 0 aliphatic carbocycles. The van der Waals surface area contributed by atoms with Gasteiger partial charge in [-0.25, -0.2) is 10.4 Å². The predicted molar refractivity (Wildman–Crippen MR) is 159 cm³/mol. The Hall–Kier alpha value is -4.19. The molecule has 6 nitrogen and oxygen atoms in total. The first-order chi connectivity index (χ1) is 19.2. The molecule has 0 saturated carbocycles. The Morgan fingerprint density at radius 1 is 0.872 bits per heavy atom. The summed E-state index contributed by atoms with van der Waals surface area (Å²) < 4.78 is 7.87. The smallest absolute Gasteiger partial charge is 0.241 e. The summed E-state index contributed by atoms with van der Waals surface area (Å²) >= 11 is 0. The van der Waals surface area contributed by atoms with E-state index in [1.165, 1.54) is 32.1 Å². The third-order valence-electron chi connectivity index (χ3n) is 6.56. The minimum absolute atomic E-state index is 0.154. The number of nitrogens with zero attached hydrogens (tertiary/aromatic N) is 3. The Kier molecular flexibility index (Phi) is 10.9. The van der Waals surface area contributed by atoms with Gasteiger partial charge in [-0.1, -0.05) is 99.7 Å². The third kappa shape index (κ3) is 8.67. The molecule has 0 saturated heterocycles. The van der Waals surface area contributed by atoms with E-state index in [4.69, 9.17) is 4.74 Å². The van der Waals surface area contributed by atoms with E-state index in [9.17, 15) is 4.79 Å². The van der Waals surface area contributed by atoms with Crippen molar-refractivity contribution < 1.29 is 9.53 Å². The van der Waals surface area contributed by atoms with Crippen molar-refractivity contribution in [2.75, 3.05) is 6.61 Å². The van der Waals surface area contributed by atoms with Crippen molar-refractivity contribution in [3.05, 3.63) is 96.8 Å². The molecule has 1 aromatic heterocycles. The third-order valence-corrected chi connectivity index (χ3v) is 6.56. The second-order valence-electron chi connectivity index (χ2n) is 9.60. The molecule has 1 N–H and O–H groups in total. The van der Waals surface area contributed by atoms with Crippen LogP contribution in [0.25, 0.3) is 22.5 Å². The maximum Gasteiger partial charge on any atom is 0.241 e. The number of aromatic nitrogens is 2. The Bertz CT molecular complexity index is 1300. The minimum atomic E-state index is -0.154. The van der Waals surface area contributed by atoms with E-state index in [1.54, 1.807) is 12.5 Å². The van der Waals surface area contributed by atoms with Gasteiger partial charge in [0.2, 0.25) is 5.91 Å². The number of hydrazone groups is 1. The van der Waals surface area contributed by atoms with Gasteiger partial charge in [0.15, 0.2) is 0 Å². The number of carbonyl (C=O) groups excluding carboxylic acids is 1. The fraction of sp³-hybridized carbons (Fsp3) is 0.303. The zero-order chi connectivity index (χ0) is 27.1. The quantitative estimate of drug-likeness (QED) is 0.0998. The lowest BCUT2D eigenvalue weighted by atomic mass is 10.0. The van der Waals surface area contributed by atoms with Crippen molar-refractivity contribution in [1.29, 1.82) is 0 Å². The molecule has 1 amide bonds. The molecule has 0 bridgehead atoms. The molecule has 3 aromatic carbocycles. The number of aryl methyl sites for hydroxylation is 1. The molecule has 39 heavy (non-hydrogen) atoms. The van der Waals surface area contributed by atoms with Crippen LogP contribution in [-0.4, -0.2) is 28.3 Å². The normalized spacial score (nSPS) is 11.1. The molecule has 4 rings (SSSR count). The van der Waals surface area contributed by atoms with Crippen LogP contribution in [0.5, 0.6) is 5.75 Å².